The number of aromatic nitrogens is 2. The Bertz CT molecular complexity index is 1200. The summed E-state index contributed by atoms with van der Waals surface area (Å²) in [4.78, 5) is 40.2. The molecular formula is C29H36N4O5. The van der Waals surface area contributed by atoms with Gasteiger partial charge >= 0.3 is 6.09 Å². The van der Waals surface area contributed by atoms with E-state index in [1.165, 1.54) is 0 Å². The summed E-state index contributed by atoms with van der Waals surface area (Å²) < 4.78 is 5.84. The van der Waals surface area contributed by atoms with E-state index in [4.69, 9.17) is 4.42 Å². The average Bonchev–Trinajstić information content (AvgIpc) is 3.39. The summed E-state index contributed by atoms with van der Waals surface area (Å²) in [6.07, 6.45) is 0.407. The van der Waals surface area contributed by atoms with Crippen molar-refractivity contribution >= 4 is 17.8 Å². The van der Waals surface area contributed by atoms with Gasteiger partial charge in [-0.15, -0.1) is 10.2 Å². The van der Waals surface area contributed by atoms with Gasteiger partial charge in [-0.25, -0.2) is 4.79 Å². The third kappa shape index (κ3) is 7.27. The number of carbonyl (C=O) groups excluding carboxylic acids is 2. The fraction of sp³-hybridized carbons (Fsp3) is 0.414. The van der Waals surface area contributed by atoms with Crippen LogP contribution in [0.2, 0.25) is 0 Å². The lowest BCUT2D eigenvalue weighted by molar-refractivity contribution is -0.141. The van der Waals surface area contributed by atoms with Gasteiger partial charge in [0.05, 0.1) is 6.04 Å². The minimum atomic E-state index is -1.27. The first-order chi connectivity index (χ1) is 18.2. The Morgan fingerprint density at radius 2 is 1.61 bits per heavy atom. The molecule has 0 fully saturated rings. The summed E-state index contributed by atoms with van der Waals surface area (Å²) in [6.45, 7) is 7.48. The summed E-state index contributed by atoms with van der Waals surface area (Å²) in [5.41, 5.74) is 1.60. The molecule has 0 radical (unpaired) electrons. The van der Waals surface area contributed by atoms with E-state index < -0.39 is 35.9 Å². The first-order valence-electron chi connectivity index (χ1n) is 13.0. The van der Waals surface area contributed by atoms with Gasteiger partial charge in [-0.2, -0.15) is 0 Å². The molecule has 2 amide bonds. The number of carbonyl (C=O) groups is 3. The van der Waals surface area contributed by atoms with Gasteiger partial charge in [-0.1, -0.05) is 82.1 Å². The number of Topliss-reactive ketones (excluding diaryl/α,β-unsaturated/α-hetero) is 1. The number of hydrogen-bond donors (Lipinski definition) is 2. The van der Waals surface area contributed by atoms with Crippen LogP contribution in [-0.4, -0.2) is 50.1 Å². The van der Waals surface area contributed by atoms with Gasteiger partial charge in [0.15, 0.2) is 0 Å². The lowest BCUT2D eigenvalue weighted by Crippen LogP contribution is -2.56. The molecule has 3 rings (SSSR count). The van der Waals surface area contributed by atoms with Crippen molar-refractivity contribution in [2.45, 2.75) is 71.5 Å². The maximum atomic E-state index is 13.5. The number of amides is 2. The molecule has 1 heterocycles. The van der Waals surface area contributed by atoms with Crippen LogP contribution in [0.5, 0.6) is 0 Å². The molecule has 9 heteroatoms. The van der Waals surface area contributed by atoms with Gasteiger partial charge in [0, 0.05) is 18.0 Å². The topological polar surface area (TPSA) is 126 Å². The second-order valence-electron chi connectivity index (χ2n) is 9.70. The summed E-state index contributed by atoms with van der Waals surface area (Å²) in [5, 5.41) is 21.3. The van der Waals surface area contributed by atoms with Crippen LogP contribution in [0.3, 0.4) is 0 Å². The van der Waals surface area contributed by atoms with Crippen LogP contribution in [0.15, 0.2) is 65.1 Å². The SMILES string of the molecule is CCCC[C@@H](C(=O)C(=O)N[C@H](C)c1ccccc1)N(C(=O)O)C(Cc1nnc(-c2ccccc2)o1)C(C)C. The first kappa shape index (κ1) is 28.6. The van der Waals surface area contributed by atoms with E-state index in [-0.39, 0.29) is 24.7 Å². The maximum absolute atomic E-state index is 13.5. The molecule has 38 heavy (non-hydrogen) atoms. The zero-order valence-electron chi connectivity index (χ0n) is 22.3. The zero-order valence-corrected chi connectivity index (χ0v) is 22.3. The highest BCUT2D eigenvalue weighted by Crippen LogP contribution is 2.25. The Balaban J connectivity index is 1.85. The van der Waals surface area contributed by atoms with Crippen LogP contribution in [0.4, 0.5) is 4.79 Å². The molecule has 0 bridgehead atoms. The second-order valence-corrected chi connectivity index (χ2v) is 9.70. The second kappa shape index (κ2) is 13.5. The van der Waals surface area contributed by atoms with Crippen LogP contribution in [0.1, 0.15) is 64.5 Å². The molecule has 2 aromatic carbocycles. The Morgan fingerprint density at radius 3 is 2.18 bits per heavy atom. The molecule has 0 aliphatic heterocycles. The van der Waals surface area contributed by atoms with Gasteiger partial charge < -0.3 is 14.8 Å². The summed E-state index contributed by atoms with van der Waals surface area (Å²) in [6, 6.07) is 16.4. The highest BCUT2D eigenvalue weighted by Gasteiger charge is 2.39. The molecular weight excluding hydrogens is 484 g/mol. The van der Waals surface area contributed by atoms with Crippen LogP contribution >= 0.6 is 0 Å². The highest BCUT2D eigenvalue weighted by molar-refractivity contribution is 6.38. The molecule has 1 unspecified atom stereocenters. The first-order valence-corrected chi connectivity index (χ1v) is 13.0. The number of unbranched alkanes of at least 4 members (excludes halogenated alkanes) is 1. The van der Waals surface area contributed by atoms with Crippen LogP contribution in [-0.2, 0) is 16.0 Å². The average molecular weight is 521 g/mol. The van der Waals surface area contributed by atoms with Gasteiger partial charge in [0.25, 0.3) is 5.91 Å². The minimum absolute atomic E-state index is 0.113. The Hall–Kier alpha value is -4.01. The number of nitrogens with one attached hydrogen (secondary N) is 1. The summed E-state index contributed by atoms with van der Waals surface area (Å²) in [7, 11) is 0. The van der Waals surface area contributed by atoms with Crippen molar-refractivity contribution in [2.75, 3.05) is 0 Å². The molecule has 3 aromatic rings. The van der Waals surface area contributed by atoms with E-state index in [1.807, 2.05) is 81.4 Å². The fourth-order valence-electron chi connectivity index (χ4n) is 4.41. The lowest BCUT2D eigenvalue weighted by Gasteiger charge is -2.37. The number of ketones is 1. The molecule has 0 aliphatic rings. The molecule has 202 valence electrons. The van der Waals surface area contributed by atoms with Gasteiger partial charge in [0.2, 0.25) is 17.6 Å². The minimum Gasteiger partial charge on any atom is -0.465 e. The molecule has 1 aromatic heterocycles. The predicted octanol–water partition coefficient (Wildman–Crippen LogP) is 5.29. The van der Waals surface area contributed by atoms with Crippen LogP contribution in [0, 0.1) is 5.92 Å². The van der Waals surface area contributed by atoms with Crippen molar-refractivity contribution in [1.82, 2.24) is 20.4 Å². The highest BCUT2D eigenvalue weighted by atomic mass is 16.4. The summed E-state index contributed by atoms with van der Waals surface area (Å²) in [5.74, 6) is -1.18. The maximum Gasteiger partial charge on any atom is 0.408 e. The van der Waals surface area contributed by atoms with Gasteiger partial charge in [-0.05, 0) is 37.0 Å². The van der Waals surface area contributed by atoms with Gasteiger partial charge in [0.1, 0.15) is 6.04 Å². The van der Waals surface area contributed by atoms with Crippen molar-refractivity contribution in [1.29, 1.82) is 0 Å². The van der Waals surface area contributed by atoms with Crippen LogP contribution < -0.4 is 5.32 Å². The largest absolute Gasteiger partial charge is 0.465 e. The quantitative estimate of drug-likeness (QED) is 0.293. The number of nitrogens with zero attached hydrogens (tertiary/aromatic N) is 3. The summed E-state index contributed by atoms with van der Waals surface area (Å²) >= 11 is 0. The van der Waals surface area contributed by atoms with Crippen molar-refractivity contribution < 1.29 is 23.9 Å². The number of rotatable bonds is 13. The molecule has 3 atom stereocenters. The predicted molar refractivity (Wildman–Crippen MR) is 143 cm³/mol. The van der Waals surface area contributed by atoms with Gasteiger partial charge in [-0.3, -0.25) is 14.5 Å². The van der Waals surface area contributed by atoms with E-state index in [0.29, 0.717) is 12.3 Å². The normalized spacial score (nSPS) is 13.5. The third-order valence-electron chi connectivity index (χ3n) is 6.56. The van der Waals surface area contributed by atoms with E-state index in [1.54, 1.807) is 6.92 Å². The van der Waals surface area contributed by atoms with Crippen molar-refractivity contribution in [3.63, 3.8) is 0 Å². The van der Waals surface area contributed by atoms with Crippen molar-refractivity contribution in [3.8, 4) is 11.5 Å². The lowest BCUT2D eigenvalue weighted by atomic mass is 9.94. The standard InChI is InChI=1S/C29H36N4O5/c1-5-6-17-23(26(34)27(35)30-20(4)21-13-9-7-10-14-21)33(29(36)37)24(19(2)3)18-25-31-32-28(38-25)22-15-11-8-12-16-22/h7-16,19-20,23-24H,5-6,17-18H2,1-4H3,(H,30,35)(H,36,37)/t20-,23+,24?/m1/s1. The molecule has 2 N–H and O–H groups in total. The van der Waals surface area contributed by atoms with Crippen LogP contribution in [0.25, 0.3) is 11.5 Å². The monoisotopic (exact) mass is 520 g/mol. The van der Waals surface area contributed by atoms with Crippen molar-refractivity contribution in [3.05, 3.63) is 72.1 Å². The van der Waals surface area contributed by atoms with E-state index in [9.17, 15) is 19.5 Å². The number of carboxylic acid groups (broad SMARTS) is 1. The smallest absolute Gasteiger partial charge is 0.408 e. The number of benzene rings is 2. The zero-order chi connectivity index (χ0) is 27.7. The Morgan fingerprint density at radius 1 is 0.974 bits per heavy atom. The Labute approximate surface area is 223 Å². The van der Waals surface area contributed by atoms with E-state index >= 15 is 0 Å². The number of hydrogen-bond acceptors (Lipinski definition) is 6. The molecule has 0 spiro atoms. The molecule has 0 saturated heterocycles. The van der Waals surface area contributed by atoms with E-state index in [0.717, 1.165) is 22.4 Å². The third-order valence-corrected chi connectivity index (χ3v) is 6.56. The fourth-order valence-corrected chi connectivity index (χ4v) is 4.41. The molecule has 0 saturated carbocycles. The van der Waals surface area contributed by atoms with E-state index in [2.05, 4.69) is 15.5 Å². The molecule has 0 aliphatic carbocycles. The Kier molecular flexibility index (Phi) is 10.2. The molecule has 9 nitrogen and oxygen atoms in total. The van der Waals surface area contributed by atoms with Crippen molar-refractivity contribution in [2.24, 2.45) is 5.92 Å².